The summed E-state index contributed by atoms with van der Waals surface area (Å²) in [7, 11) is 0. The molecule has 118 valence electrons. The number of hydrogen-bond acceptors (Lipinski definition) is 5. The van der Waals surface area contributed by atoms with Crippen LogP contribution in [0, 0.1) is 18.8 Å². The first-order valence-electron chi connectivity index (χ1n) is 7.44. The molecule has 1 saturated carbocycles. The summed E-state index contributed by atoms with van der Waals surface area (Å²) in [6, 6.07) is 0. The molecule has 1 unspecified atom stereocenters. The molecule has 0 aromatic carbocycles. The highest BCUT2D eigenvalue weighted by molar-refractivity contribution is 5.85. The van der Waals surface area contributed by atoms with Crippen LogP contribution in [0.5, 0.6) is 0 Å². The van der Waals surface area contributed by atoms with Gasteiger partial charge in [0.1, 0.15) is 5.54 Å². The molecule has 7 heteroatoms. The SMILES string of the molecule is Cc1nc(C2(NC(=O)C(C)C3CNC3)CCCC2)no1.Cl. The molecule has 1 saturated heterocycles. The van der Waals surface area contributed by atoms with Gasteiger partial charge in [0.15, 0.2) is 5.82 Å². The van der Waals surface area contributed by atoms with E-state index in [0.717, 1.165) is 38.8 Å². The first-order chi connectivity index (χ1) is 9.61. The average molecular weight is 315 g/mol. The van der Waals surface area contributed by atoms with Crippen LogP contribution >= 0.6 is 12.4 Å². The molecule has 1 aliphatic carbocycles. The van der Waals surface area contributed by atoms with E-state index in [-0.39, 0.29) is 24.2 Å². The quantitative estimate of drug-likeness (QED) is 0.881. The predicted molar refractivity (Wildman–Crippen MR) is 80.1 cm³/mol. The topological polar surface area (TPSA) is 80.0 Å². The van der Waals surface area contributed by atoms with E-state index in [1.54, 1.807) is 6.92 Å². The molecule has 1 amide bonds. The highest BCUT2D eigenvalue weighted by Gasteiger charge is 2.42. The van der Waals surface area contributed by atoms with Crippen molar-refractivity contribution in [3.05, 3.63) is 11.7 Å². The second-order valence-electron chi connectivity index (χ2n) is 6.12. The van der Waals surface area contributed by atoms with Crippen molar-refractivity contribution in [3.8, 4) is 0 Å². The standard InChI is InChI=1S/C14H22N4O2.ClH/c1-9(11-7-15-8-11)12(19)17-14(5-3-4-6-14)13-16-10(2)20-18-13;/h9,11,15H,3-8H2,1-2H3,(H,17,19);1H. The maximum Gasteiger partial charge on any atom is 0.224 e. The lowest BCUT2D eigenvalue weighted by Crippen LogP contribution is -2.53. The largest absolute Gasteiger partial charge is 0.343 e. The van der Waals surface area contributed by atoms with Gasteiger partial charge >= 0.3 is 0 Å². The van der Waals surface area contributed by atoms with Gasteiger partial charge in [-0.3, -0.25) is 4.79 Å². The Morgan fingerprint density at radius 3 is 2.57 bits per heavy atom. The zero-order valence-corrected chi connectivity index (χ0v) is 13.3. The number of hydrogen-bond donors (Lipinski definition) is 2. The Hall–Kier alpha value is -1.14. The highest BCUT2D eigenvalue weighted by atomic mass is 35.5. The van der Waals surface area contributed by atoms with Crippen LogP contribution in [-0.4, -0.2) is 29.1 Å². The summed E-state index contributed by atoms with van der Waals surface area (Å²) in [6.07, 6.45) is 3.97. The van der Waals surface area contributed by atoms with Gasteiger partial charge in [-0.05, 0) is 31.8 Å². The predicted octanol–water partition coefficient (Wildman–Crippen LogP) is 1.54. The van der Waals surface area contributed by atoms with Gasteiger partial charge < -0.3 is 15.2 Å². The summed E-state index contributed by atoms with van der Waals surface area (Å²) >= 11 is 0. The fraction of sp³-hybridized carbons (Fsp3) is 0.786. The number of carbonyl (C=O) groups is 1. The van der Waals surface area contributed by atoms with E-state index in [1.165, 1.54) is 0 Å². The van der Waals surface area contributed by atoms with Crippen molar-refractivity contribution in [2.24, 2.45) is 11.8 Å². The van der Waals surface area contributed by atoms with E-state index >= 15 is 0 Å². The Bertz CT molecular complexity index is 495. The minimum absolute atomic E-state index is 0. The van der Waals surface area contributed by atoms with Gasteiger partial charge in [-0.2, -0.15) is 4.98 Å². The van der Waals surface area contributed by atoms with Crippen LogP contribution in [0.15, 0.2) is 4.52 Å². The Morgan fingerprint density at radius 2 is 2.10 bits per heavy atom. The van der Waals surface area contributed by atoms with Crippen LogP contribution in [0.2, 0.25) is 0 Å². The summed E-state index contributed by atoms with van der Waals surface area (Å²) in [5, 5.41) is 10.5. The summed E-state index contributed by atoms with van der Waals surface area (Å²) in [6.45, 7) is 5.65. The van der Waals surface area contributed by atoms with Gasteiger partial charge in [0.2, 0.25) is 11.8 Å². The van der Waals surface area contributed by atoms with E-state index in [4.69, 9.17) is 4.52 Å². The van der Waals surface area contributed by atoms with Gasteiger partial charge in [-0.25, -0.2) is 0 Å². The third-order valence-corrected chi connectivity index (χ3v) is 4.71. The Balaban J connectivity index is 0.00000161. The van der Waals surface area contributed by atoms with Crippen LogP contribution in [0.4, 0.5) is 0 Å². The van der Waals surface area contributed by atoms with Crippen LogP contribution in [-0.2, 0) is 10.3 Å². The minimum atomic E-state index is -0.416. The molecule has 3 rings (SSSR count). The molecule has 21 heavy (non-hydrogen) atoms. The first-order valence-corrected chi connectivity index (χ1v) is 7.44. The van der Waals surface area contributed by atoms with Gasteiger partial charge in [-0.15, -0.1) is 12.4 Å². The van der Waals surface area contributed by atoms with Crippen LogP contribution in [0.25, 0.3) is 0 Å². The Kier molecular flexibility index (Phi) is 4.88. The number of aromatic nitrogens is 2. The van der Waals surface area contributed by atoms with Crippen LogP contribution < -0.4 is 10.6 Å². The van der Waals surface area contributed by atoms with Crippen molar-refractivity contribution < 1.29 is 9.32 Å². The van der Waals surface area contributed by atoms with Gasteiger partial charge in [-0.1, -0.05) is 24.9 Å². The average Bonchev–Trinajstić information content (AvgIpc) is 2.96. The zero-order chi connectivity index (χ0) is 14.2. The van der Waals surface area contributed by atoms with Crippen molar-refractivity contribution in [2.75, 3.05) is 13.1 Å². The van der Waals surface area contributed by atoms with Crippen LogP contribution in [0.1, 0.15) is 44.3 Å². The van der Waals surface area contributed by atoms with E-state index < -0.39 is 5.54 Å². The molecular formula is C14H23ClN4O2. The lowest BCUT2D eigenvalue weighted by atomic mass is 9.86. The van der Waals surface area contributed by atoms with Gasteiger partial charge in [0, 0.05) is 12.8 Å². The molecule has 1 aromatic heterocycles. The van der Waals surface area contributed by atoms with Crippen LogP contribution in [0.3, 0.4) is 0 Å². The molecule has 2 heterocycles. The van der Waals surface area contributed by atoms with E-state index in [2.05, 4.69) is 20.8 Å². The molecule has 2 N–H and O–H groups in total. The number of halogens is 1. The molecule has 6 nitrogen and oxygen atoms in total. The van der Waals surface area contributed by atoms with E-state index in [9.17, 15) is 4.79 Å². The molecular weight excluding hydrogens is 292 g/mol. The summed E-state index contributed by atoms with van der Waals surface area (Å²) in [5.41, 5.74) is -0.416. The fourth-order valence-corrected chi connectivity index (χ4v) is 3.10. The smallest absolute Gasteiger partial charge is 0.224 e. The second kappa shape index (κ2) is 6.32. The van der Waals surface area contributed by atoms with Crippen molar-refractivity contribution in [1.29, 1.82) is 0 Å². The monoisotopic (exact) mass is 314 g/mol. The molecule has 2 aliphatic rings. The molecule has 0 spiro atoms. The Labute approximate surface area is 130 Å². The third-order valence-electron chi connectivity index (χ3n) is 4.71. The fourth-order valence-electron chi connectivity index (χ4n) is 3.10. The molecule has 0 bridgehead atoms. The summed E-state index contributed by atoms with van der Waals surface area (Å²) in [5.74, 6) is 1.78. The maximum absolute atomic E-state index is 12.5. The molecule has 0 radical (unpaired) electrons. The number of nitrogens with zero attached hydrogens (tertiary/aromatic N) is 2. The molecule has 1 aromatic rings. The Morgan fingerprint density at radius 1 is 1.43 bits per heavy atom. The normalized spacial score (nSPS) is 22.2. The first kappa shape index (κ1) is 16.2. The highest BCUT2D eigenvalue weighted by Crippen LogP contribution is 2.37. The number of amides is 1. The van der Waals surface area contributed by atoms with E-state index in [1.807, 2.05) is 6.92 Å². The second-order valence-corrected chi connectivity index (χ2v) is 6.12. The number of rotatable bonds is 4. The van der Waals surface area contributed by atoms with Crippen molar-refractivity contribution in [1.82, 2.24) is 20.8 Å². The molecule has 2 fully saturated rings. The lowest BCUT2D eigenvalue weighted by Gasteiger charge is -2.34. The number of nitrogens with one attached hydrogen (secondary N) is 2. The van der Waals surface area contributed by atoms with Crippen molar-refractivity contribution in [2.45, 2.75) is 45.1 Å². The number of carbonyl (C=O) groups excluding carboxylic acids is 1. The summed E-state index contributed by atoms with van der Waals surface area (Å²) in [4.78, 5) is 16.8. The van der Waals surface area contributed by atoms with Crippen molar-refractivity contribution >= 4 is 18.3 Å². The molecule has 1 aliphatic heterocycles. The van der Waals surface area contributed by atoms with Crippen molar-refractivity contribution in [3.63, 3.8) is 0 Å². The third kappa shape index (κ3) is 3.06. The maximum atomic E-state index is 12.5. The van der Waals surface area contributed by atoms with Gasteiger partial charge in [0.25, 0.3) is 0 Å². The van der Waals surface area contributed by atoms with Gasteiger partial charge in [0.05, 0.1) is 0 Å². The lowest BCUT2D eigenvalue weighted by molar-refractivity contribution is -0.129. The molecule has 1 atom stereocenters. The zero-order valence-electron chi connectivity index (χ0n) is 12.5. The van der Waals surface area contributed by atoms with E-state index in [0.29, 0.717) is 17.6 Å². The minimum Gasteiger partial charge on any atom is -0.343 e. The summed E-state index contributed by atoms with van der Waals surface area (Å²) < 4.78 is 5.10. The number of aryl methyl sites for hydroxylation is 1.